The smallest absolute Gasteiger partial charge is 0.319 e. The minimum atomic E-state index is -0.335. The lowest BCUT2D eigenvalue weighted by Gasteiger charge is -2.08. The Hall–Kier alpha value is -1.26. The maximum absolute atomic E-state index is 11.4. The lowest BCUT2D eigenvalue weighted by molar-refractivity contribution is 0.112. The van der Waals surface area contributed by atoms with E-state index >= 15 is 0 Å². The number of carbonyl (C=O) groups is 2. The quantitative estimate of drug-likeness (QED) is 0.828. The van der Waals surface area contributed by atoms with Gasteiger partial charge in [-0.15, -0.1) is 0 Å². The van der Waals surface area contributed by atoms with Crippen molar-refractivity contribution in [1.29, 1.82) is 0 Å². The third-order valence-corrected chi connectivity index (χ3v) is 2.62. The molecule has 0 saturated carbocycles. The summed E-state index contributed by atoms with van der Waals surface area (Å²) in [5, 5.41) is 5.63. The van der Waals surface area contributed by atoms with Gasteiger partial charge < -0.3 is 10.6 Å². The average Bonchev–Trinajstić information content (AvgIpc) is 2.26. The normalized spacial score (nSPS) is 9.82. The van der Waals surface area contributed by atoms with Crippen LogP contribution in [-0.2, 0) is 0 Å². The van der Waals surface area contributed by atoms with Crippen molar-refractivity contribution in [1.82, 2.24) is 5.32 Å². The van der Waals surface area contributed by atoms with E-state index in [1.165, 1.54) is 12.1 Å². The van der Waals surface area contributed by atoms with Gasteiger partial charge >= 0.3 is 6.03 Å². The number of benzene rings is 1. The maximum Gasteiger partial charge on any atom is 0.319 e. The molecule has 0 aliphatic carbocycles. The molecule has 0 saturated heterocycles. The molecule has 0 aliphatic rings. The van der Waals surface area contributed by atoms with E-state index in [1.54, 1.807) is 0 Å². The molecule has 0 aromatic heterocycles. The van der Waals surface area contributed by atoms with Crippen LogP contribution in [0.25, 0.3) is 0 Å². The first kappa shape index (κ1) is 13.8. The van der Waals surface area contributed by atoms with Crippen LogP contribution in [0.1, 0.15) is 23.7 Å². The molecule has 4 nitrogen and oxygen atoms in total. The molecular weight excluding hydrogens is 263 g/mol. The number of urea groups is 1. The molecule has 0 aliphatic heterocycles. The highest BCUT2D eigenvalue weighted by atomic mass is 35.5. The van der Waals surface area contributed by atoms with Gasteiger partial charge in [-0.05, 0) is 18.6 Å². The first-order chi connectivity index (χ1) is 8.08. The van der Waals surface area contributed by atoms with Crippen LogP contribution >= 0.6 is 23.2 Å². The monoisotopic (exact) mass is 274 g/mol. The first-order valence-corrected chi connectivity index (χ1v) is 5.83. The topological polar surface area (TPSA) is 58.2 Å². The van der Waals surface area contributed by atoms with Crippen LogP contribution in [0.5, 0.6) is 0 Å². The molecule has 92 valence electrons. The summed E-state index contributed by atoms with van der Waals surface area (Å²) in [6.07, 6.45) is 1.42. The summed E-state index contributed by atoms with van der Waals surface area (Å²) in [4.78, 5) is 22.0. The van der Waals surface area contributed by atoms with E-state index < -0.39 is 0 Å². The molecular formula is C11H12Cl2N2O2. The Morgan fingerprint density at radius 1 is 1.35 bits per heavy atom. The zero-order valence-corrected chi connectivity index (χ0v) is 10.7. The van der Waals surface area contributed by atoms with Crippen molar-refractivity contribution in [3.05, 3.63) is 27.7 Å². The summed E-state index contributed by atoms with van der Waals surface area (Å²) in [7, 11) is 0. The van der Waals surface area contributed by atoms with Gasteiger partial charge in [-0.3, -0.25) is 4.79 Å². The lowest BCUT2D eigenvalue weighted by Crippen LogP contribution is -2.29. The molecule has 1 aromatic carbocycles. The van der Waals surface area contributed by atoms with Gasteiger partial charge in [0.25, 0.3) is 0 Å². The van der Waals surface area contributed by atoms with E-state index in [2.05, 4.69) is 10.6 Å². The Balaban J connectivity index is 2.79. The first-order valence-electron chi connectivity index (χ1n) is 5.07. The minimum absolute atomic E-state index is 0.207. The highest BCUT2D eigenvalue weighted by molar-refractivity contribution is 6.39. The summed E-state index contributed by atoms with van der Waals surface area (Å²) < 4.78 is 0. The second kappa shape index (κ2) is 6.47. The largest absolute Gasteiger partial charge is 0.338 e. The molecule has 1 aromatic rings. The van der Waals surface area contributed by atoms with Crippen LogP contribution in [0.4, 0.5) is 10.5 Å². The molecule has 0 fully saturated rings. The van der Waals surface area contributed by atoms with E-state index in [1.807, 2.05) is 6.92 Å². The van der Waals surface area contributed by atoms with Crippen LogP contribution in [0.2, 0.25) is 10.0 Å². The Bertz CT molecular complexity index is 412. The molecule has 0 atom stereocenters. The van der Waals surface area contributed by atoms with Crippen molar-refractivity contribution < 1.29 is 9.59 Å². The van der Waals surface area contributed by atoms with Crippen molar-refractivity contribution in [2.24, 2.45) is 0 Å². The molecule has 0 bridgehead atoms. The maximum atomic E-state index is 11.4. The standard InChI is InChI=1S/C11H12Cl2N2O2/c1-2-3-14-11(17)15-7-4-9(12)8(6-16)10(13)5-7/h4-6H,2-3H2,1H3,(H2,14,15,17). The van der Waals surface area contributed by atoms with Crippen LogP contribution in [-0.4, -0.2) is 18.9 Å². The molecule has 17 heavy (non-hydrogen) atoms. The molecule has 6 heteroatoms. The van der Waals surface area contributed by atoms with Crippen LogP contribution in [0, 0.1) is 0 Å². The van der Waals surface area contributed by atoms with E-state index in [0.29, 0.717) is 18.5 Å². The van der Waals surface area contributed by atoms with Gasteiger partial charge in [0.15, 0.2) is 6.29 Å². The number of amides is 2. The Morgan fingerprint density at radius 2 is 1.94 bits per heavy atom. The van der Waals surface area contributed by atoms with Crippen LogP contribution < -0.4 is 10.6 Å². The van der Waals surface area contributed by atoms with E-state index in [0.717, 1.165) is 6.42 Å². The zero-order chi connectivity index (χ0) is 12.8. The number of hydrogen-bond acceptors (Lipinski definition) is 2. The summed E-state index contributed by atoms with van der Waals surface area (Å²) in [6, 6.07) is 2.61. The van der Waals surface area contributed by atoms with Crippen molar-refractivity contribution in [3.8, 4) is 0 Å². The van der Waals surface area contributed by atoms with Crippen molar-refractivity contribution in [2.75, 3.05) is 11.9 Å². The fraction of sp³-hybridized carbons (Fsp3) is 0.273. The van der Waals surface area contributed by atoms with Crippen molar-refractivity contribution in [2.45, 2.75) is 13.3 Å². The third kappa shape index (κ3) is 3.91. The number of carbonyl (C=O) groups excluding carboxylic acids is 2. The Morgan fingerprint density at radius 3 is 2.41 bits per heavy atom. The lowest BCUT2D eigenvalue weighted by atomic mass is 10.2. The molecule has 1 rings (SSSR count). The highest BCUT2D eigenvalue weighted by Crippen LogP contribution is 2.27. The number of hydrogen-bond donors (Lipinski definition) is 2. The molecule has 0 spiro atoms. The zero-order valence-electron chi connectivity index (χ0n) is 9.22. The number of halogens is 2. The molecule has 0 unspecified atom stereocenters. The van der Waals surface area contributed by atoms with Gasteiger partial charge in [0.1, 0.15) is 0 Å². The van der Waals surface area contributed by atoms with Crippen LogP contribution in [0.15, 0.2) is 12.1 Å². The SMILES string of the molecule is CCCNC(=O)Nc1cc(Cl)c(C=O)c(Cl)c1. The predicted octanol–water partition coefficient (Wildman–Crippen LogP) is 3.34. The second-order valence-electron chi connectivity index (χ2n) is 3.35. The van der Waals surface area contributed by atoms with E-state index in [-0.39, 0.29) is 21.6 Å². The van der Waals surface area contributed by atoms with Gasteiger partial charge in [-0.25, -0.2) is 4.79 Å². The molecule has 0 radical (unpaired) electrons. The fourth-order valence-corrected chi connectivity index (χ4v) is 1.76. The molecule has 2 N–H and O–H groups in total. The van der Waals surface area contributed by atoms with Gasteiger partial charge in [-0.1, -0.05) is 30.1 Å². The summed E-state index contributed by atoms with van der Waals surface area (Å²) >= 11 is 11.7. The molecule has 2 amide bonds. The fourth-order valence-electron chi connectivity index (χ4n) is 1.18. The predicted molar refractivity (Wildman–Crippen MR) is 69.2 cm³/mol. The van der Waals surface area contributed by atoms with Crippen molar-refractivity contribution in [3.63, 3.8) is 0 Å². The number of nitrogens with one attached hydrogen (secondary N) is 2. The number of aldehydes is 1. The van der Waals surface area contributed by atoms with E-state index in [9.17, 15) is 9.59 Å². The Kier molecular flexibility index (Phi) is 5.25. The summed E-state index contributed by atoms with van der Waals surface area (Å²) in [5.41, 5.74) is 0.659. The average molecular weight is 275 g/mol. The number of anilines is 1. The number of rotatable bonds is 4. The van der Waals surface area contributed by atoms with Gasteiger partial charge in [0.2, 0.25) is 0 Å². The highest BCUT2D eigenvalue weighted by Gasteiger charge is 2.09. The van der Waals surface area contributed by atoms with Crippen LogP contribution in [0.3, 0.4) is 0 Å². The Labute approximate surface area is 109 Å². The summed E-state index contributed by atoms with van der Waals surface area (Å²) in [5.74, 6) is 0. The van der Waals surface area contributed by atoms with Gasteiger partial charge in [-0.2, -0.15) is 0 Å². The van der Waals surface area contributed by atoms with Gasteiger partial charge in [0, 0.05) is 12.2 Å². The van der Waals surface area contributed by atoms with E-state index in [4.69, 9.17) is 23.2 Å². The van der Waals surface area contributed by atoms with Crippen molar-refractivity contribution >= 4 is 41.2 Å². The third-order valence-electron chi connectivity index (χ3n) is 1.99. The molecule has 0 heterocycles. The second-order valence-corrected chi connectivity index (χ2v) is 4.17. The summed E-state index contributed by atoms with van der Waals surface area (Å²) in [6.45, 7) is 2.53. The minimum Gasteiger partial charge on any atom is -0.338 e. The van der Waals surface area contributed by atoms with Gasteiger partial charge in [0.05, 0.1) is 15.6 Å².